The zero-order valence-corrected chi connectivity index (χ0v) is 17.6. The Labute approximate surface area is 175 Å². The van der Waals surface area contributed by atoms with Gasteiger partial charge in [-0.1, -0.05) is 49.4 Å². The number of halogens is 2. The van der Waals surface area contributed by atoms with E-state index < -0.39 is 0 Å². The second-order valence-electron chi connectivity index (χ2n) is 6.71. The van der Waals surface area contributed by atoms with Crippen molar-refractivity contribution in [2.75, 3.05) is 6.54 Å². The normalized spacial score (nSPS) is 11.0. The molecule has 0 unspecified atom stereocenters. The van der Waals surface area contributed by atoms with E-state index >= 15 is 0 Å². The van der Waals surface area contributed by atoms with Gasteiger partial charge in [0.2, 0.25) is 0 Å². The highest BCUT2D eigenvalue weighted by molar-refractivity contribution is 6.35. The van der Waals surface area contributed by atoms with Gasteiger partial charge in [0.1, 0.15) is 5.82 Å². The Morgan fingerprint density at radius 3 is 2.57 bits per heavy atom. The van der Waals surface area contributed by atoms with Crippen molar-refractivity contribution in [1.82, 2.24) is 19.7 Å². The maximum atomic E-state index is 12.8. The molecule has 3 rings (SSSR count). The molecule has 2 heterocycles. The van der Waals surface area contributed by atoms with E-state index in [1.165, 1.54) is 12.8 Å². The van der Waals surface area contributed by atoms with Crippen LogP contribution in [-0.2, 0) is 0 Å². The topological polar surface area (TPSA) is 51.9 Å². The van der Waals surface area contributed by atoms with E-state index in [1.807, 2.05) is 36.0 Å². The van der Waals surface area contributed by atoms with E-state index in [1.54, 1.807) is 22.9 Å². The summed E-state index contributed by atoms with van der Waals surface area (Å²) < 4.78 is 3.62. The molecule has 0 atom stereocenters. The Hall–Kier alpha value is -2.24. The Morgan fingerprint density at radius 1 is 1.14 bits per heavy atom. The third-order valence-corrected chi connectivity index (χ3v) is 5.15. The fraction of sp³-hybridized carbons (Fsp3) is 0.333. The lowest BCUT2D eigenvalue weighted by molar-refractivity contribution is 0.0947. The maximum absolute atomic E-state index is 12.8. The van der Waals surface area contributed by atoms with Gasteiger partial charge in [0.05, 0.1) is 10.7 Å². The minimum Gasteiger partial charge on any atom is -0.351 e. The highest BCUT2D eigenvalue weighted by atomic mass is 35.5. The largest absolute Gasteiger partial charge is 0.351 e. The molecule has 0 fully saturated rings. The Kier molecular flexibility index (Phi) is 6.81. The second kappa shape index (κ2) is 9.30. The summed E-state index contributed by atoms with van der Waals surface area (Å²) in [5, 5.41) is 8.59. The van der Waals surface area contributed by atoms with Crippen LogP contribution in [0.2, 0.25) is 10.0 Å². The first kappa shape index (κ1) is 20.5. The van der Waals surface area contributed by atoms with Crippen LogP contribution < -0.4 is 5.32 Å². The van der Waals surface area contributed by atoms with Crippen LogP contribution >= 0.6 is 23.2 Å². The van der Waals surface area contributed by atoms with E-state index in [0.717, 1.165) is 24.2 Å². The summed E-state index contributed by atoms with van der Waals surface area (Å²) in [7, 11) is 0. The number of carbonyl (C=O) groups is 1. The van der Waals surface area contributed by atoms with E-state index in [9.17, 15) is 4.79 Å². The minimum absolute atomic E-state index is 0.175. The number of rotatable bonds is 8. The SMILES string of the molecule is CCCCCCNC(=O)c1nn(-c2ccc(Cl)cc2Cl)c(-n2cccc2)c1C. The number of hydrogen-bond donors (Lipinski definition) is 1. The average molecular weight is 419 g/mol. The molecule has 1 aromatic carbocycles. The first-order valence-electron chi connectivity index (χ1n) is 9.49. The second-order valence-corrected chi connectivity index (χ2v) is 7.56. The van der Waals surface area contributed by atoms with Crippen LogP contribution in [-0.4, -0.2) is 26.8 Å². The lowest BCUT2D eigenvalue weighted by atomic mass is 10.2. The molecule has 1 N–H and O–H groups in total. The molecular weight excluding hydrogens is 395 g/mol. The highest BCUT2D eigenvalue weighted by Gasteiger charge is 2.22. The van der Waals surface area contributed by atoms with Crippen LogP contribution in [0.5, 0.6) is 0 Å². The molecule has 2 aromatic heterocycles. The van der Waals surface area contributed by atoms with Crippen LogP contribution in [0.4, 0.5) is 0 Å². The average Bonchev–Trinajstić information content (AvgIpc) is 3.29. The van der Waals surface area contributed by atoms with Crippen LogP contribution in [0.15, 0.2) is 42.7 Å². The highest BCUT2D eigenvalue weighted by Crippen LogP contribution is 2.29. The van der Waals surface area contributed by atoms with Crippen molar-refractivity contribution >= 4 is 29.1 Å². The number of carbonyl (C=O) groups excluding carboxylic acids is 1. The fourth-order valence-electron chi connectivity index (χ4n) is 3.14. The summed E-state index contributed by atoms with van der Waals surface area (Å²) in [4.78, 5) is 12.8. The van der Waals surface area contributed by atoms with Crippen molar-refractivity contribution in [2.45, 2.75) is 39.5 Å². The van der Waals surface area contributed by atoms with E-state index in [2.05, 4.69) is 17.3 Å². The molecule has 28 heavy (non-hydrogen) atoms. The van der Waals surface area contributed by atoms with Crippen LogP contribution in [0.25, 0.3) is 11.5 Å². The summed E-state index contributed by atoms with van der Waals surface area (Å²) in [5.41, 5.74) is 1.85. The maximum Gasteiger partial charge on any atom is 0.272 e. The number of nitrogens with zero attached hydrogens (tertiary/aromatic N) is 3. The van der Waals surface area contributed by atoms with Gasteiger partial charge in [-0.05, 0) is 43.7 Å². The van der Waals surface area contributed by atoms with Gasteiger partial charge in [-0.2, -0.15) is 5.10 Å². The Balaban J connectivity index is 1.96. The van der Waals surface area contributed by atoms with Gasteiger partial charge >= 0.3 is 0 Å². The number of amides is 1. The number of aromatic nitrogens is 3. The minimum atomic E-state index is -0.175. The molecular formula is C21H24Cl2N4O. The van der Waals surface area contributed by atoms with Gasteiger partial charge in [-0.15, -0.1) is 0 Å². The zero-order valence-electron chi connectivity index (χ0n) is 16.1. The predicted molar refractivity (Wildman–Crippen MR) is 114 cm³/mol. The van der Waals surface area contributed by atoms with Gasteiger partial charge in [0.15, 0.2) is 5.69 Å². The van der Waals surface area contributed by atoms with Crippen molar-refractivity contribution in [3.63, 3.8) is 0 Å². The molecule has 0 aliphatic carbocycles. The van der Waals surface area contributed by atoms with Crippen molar-refractivity contribution in [3.05, 3.63) is 64.0 Å². The quantitative estimate of drug-likeness (QED) is 0.484. The van der Waals surface area contributed by atoms with Gasteiger partial charge < -0.3 is 9.88 Å². The molecule has 0 aliphatic rings. The molecule has 0 spiro atoms. The fourth-order valence-corrected chi connectivity index (χ4v) is 3.63. The number of benzene rings is 1. The van der Waals surface area contributed by atoms with Crippen molar-refractivity contribution < 1.29 is 4.79 Å². The van der Waals surface area contributed by atoms with Crippen molar-refractivity contribution in [3.8, 4) is 11.5 Å². The van der Waals surface area contributed by atoms with Gasteiger partial charge in [0.25, 0.3) is 5.91 Å². The number of unbranched alkanes of at least 4 members (excludes halogenated alkanes) is 3. The lowest BCUT2D eigenvalue weighted by Gasteiger charge is -2.11. The third-order valence-electron chi connectivity index (χ3n) is 4.61. The smallest absolute Gasteiger partial charge is 0.272 e. The van der Waals surface area contributed by atoms with Crippen molar-refractivity contribution in [2.24, 2.45) is 0 Å². The molecule has 3 aromatic rings. The number of hydrogen-bond acceptors (Lipinski definition) is 2. The van der Waals surface area contributed by atoms with Crippen LogP contribution in [0.1, 0.15) is 48.7 Å². The first-order chi connectivity index (χ1) is 13.5. The molecule has 148 valence electrons. The molecule has 0 radical (unpaired) electrons. The molecule has 7 heteroatoms. The molecule has 0 bridgehead atoms. The Morgan fingerprint density at radius 2 is 1.89 bits per heavy atom. The monoisotopic (exact) mass is 418 g/mol. The number of nitrogens with one attached hydrogen (secondary N) is 1. The lowest BCUT2D eigenvalue weighted by Crippen LogP contribution is -2.25. The van der Waals surface area contributed by atoms with E-state index in [4.69, 9.17) is 23.2 Å². The summed E-state index contributed by atoms with van der Waals surface area (Å²) in [6, 6.07) is 9.08. The summed E-state index contributed by atoms with van der Waals surface area (Å²) in [6.07, 6.45) is 8.25. The van der Waals surface area contributed by atoms with Crippen molar-refractivity contribution in [1.29, 1.82) is 0 Å². The summed E-state index contributed by atoms with van der Waals surface area (Å²) >= 11 is 12.5. The molecule has 5 nitrogen and oxygen atoms in total. The summed E-state index contributed by atoms with van der Waals surface area (Å²) in [5.74, 6) is 0.594. The van der Waals surface area contributed by atoms with Crippen LogP contribution in [0.3, 0.4) is 0 Å². The standard InChI is InChI=1S/C21H24Cl2N4O/c1-3-4-5-6-11-24-20(28)19-15(2)21(26-12-7-8-13-26)27(25-19)18-10-9-16(22)14-17(18)23/h7-10,12-14H,3-6,11H2,1-2H3,(H,24,28). The third kappa shape index (κ3) is 4.42. The molecule has 0 aliphatic heterocycles. The van der Waals surface area contributed by atoms with Gasteiger partial charge in [0, 0.05) is 29.5 Å². The predicted octanol–water partition coefficient (Wildman–Crippen LogP) is 5.59. The zero-order chi connectivity index (χ0) is 20.1. The van der Waals surface area contributed by atoms with E-state index in [-0.39, 0.29) is 5.91 Å². The molecule has 0 saturated heterocycles. The van der Waals surface area contributed by atoms with Gasteiger partial charge in [-0.25, -0.2) is 4.68 Å². The van der Waals surface area contributed by atoms with Gasteiger partial charge in [-0.3, -0.25) is 4.79 Å². The summed E-state index contributed by atoms with van der Waals surface area (Å²) in [6.45, 7) is 4.71. The first-order valence-corrected chi connectivity index (χ1v) is 10.2. The Bertz CT molecular complexity index is 948. The molecule has 0 saturated carbocycles. The molecule has 1 amide bonds. The van der Waals surface area contributed by atoms with E-state index in [0.29, 0.717) is 28.0 Å². The van der Waals surface area contributed by atoms with Crippen LogP contribution in [0, 0.1) is 6.92 Å².